The van der Waals surface area contributed by atoms with Gasteiger partial charge < -0.3 is 5.32 Å². The molecule has 2 aromatic rings. The van der Waals surface area contributed by atoms with E-state index >= 15 is 0 Å². The van der Waals surface area contributed by atoms with Gasteiger partial charge in [0, 0.05) is 6.92 Å². The summed E-state index contributed by atoms with van der Waals surface area (Å²) >= 11 is 1.34. The Kier molecular flexibility index (Phi) is 3.62. The number of benzene rings is 1. The maximum atomic E-state index is 10.8. The van der Waals surface area contributed by atoms with Crippen LogP contribution in [0.3, 0.4) is 0 Å². The highest BCUT2D eigenvalue weighted by atomic mass is 32.1. The second-order valence-corrected chi connectivity index (χ2v) is 4.38. The molecule has 5 heteroatoms. The predicted octanol–water partition coefficient (Wildman–Crippen LogP) is 2.67. The zero-order valence-electron chi connectivity index (χ0n) is 9.25. The summed E-state index contributed by atoms with van der Waals surface area (Å²) in [6.07, 6.45) is 3.83. The molecule has 2 rings (SSSR count). The van der Waals surface area contributed by atoms with Gasteiger partial charge in [-0.05, 0) is 11.6 Å². The van der Waals surface area contributed by atoms with Crippen molar-refractivity contribution in [3.05, 3.63) is 40.9 Å². The minimum atomic E-state index is -0.139. The van der Waals surface area contributed by atoms with E-state index in [1.165, 1.54) is 18.3 Å². The Morgan fingerprint density at radius 1 is 1.24 bits per heavy atom. The Morgan fingerprint density at radius 3 is 2.71 bits per heavy atom. The standard InChI is InChI=1S/C12H11N3OS/c1-9(16)13-12-15-14-11(17-12)8-7-10-5-3-2-4-6-10/h2-8H,1H3,(H,13,15,16). The first-order valence-electron chi connectivity index (χ1n) is 5.08. The highest BCUT2D eigenvalue weighted by Gasteiger charge is 2.02. The maximum absolute atomic E-state index is 10.8. The predicted molar refractivity (Wildman–Crippen MR) is 69.6 cm³/mol. The first-order valence-corrected chi connectivity index (χ1v) is 5.90. The van der Waals surface area contributed by atoms with Gasteiger partial charge in [0.25, 0.3) is 0 Å². The van der Waals surface area contributed by atoms with Crippen molar-refractivity contribution >= 4 is 34.5 Å². The number of amides is 1. The largest absolute Gasteiger partial charge is 0.301 e. The lowest BCUT2D eigenvalue weighted by Crippen LogP contribution is -2.04. The molecule has 0 spiro atoms. The van der Waals surface area contributed by atoms with E-state index in [4.69, 9.17) is 0 Å². The van der Waals surface area contributed by atoms with Crippen molar-refractivity contribution in [1.82, 2.24) is 10.2 Å². The van der Waals surface area contributed by atoms with Crippen LogP contribution in [0.1, 0.15) is 17.5 Å². The number of aromatic nitrogens is 2. The molecule has 0 fully saturated rings. The van der Waals surface area contributed by atoms with Crippen molar-refractivity contribution in [3.63, 3.8) is 0 Å². The molecule has 1 amide bonds. The molecule has 4 nitrogen and oxygen atoms in total. The number of carbonyl (C=O) groups is 1. The van der Waals surface area contributed by atoms with Crippen LogP contribution in [0.4, 0.5) is 5.13 Å². The third-order valence-electron chi connectivity index (χ3n) is 1.94. The summed E-state index contributed by atoms with van der Waals surface area (Å²) in [5.41, 5.74) is 1.10. The lowest BCUT2D eigenvalue weighted by molar-refractivity contribution is -0.114. The van der Waals surface area contributed by atoms with Gasteiger partial charge in [0.1, 0.15) is 5.01 Å². The van der Waals surface area contributed by atoms with Gasteiger partial charge in [0.05, 0.1) is 0 Å². The summed E-state index contributed by atoms with van der Waals surface area (Å²) in [5.74, 6) is -0.139. The summed E-state index contributed by atoms with van der Waals surface area (Å²) in [7, 11) is 0. The monoisotopic (exact) mass is 245 g/mol. The molecule has 1 aromatic carbocycles. The highest BCUT2D eigenvalue weighted by molar-refractivity contribution is 7.16. The first kappa shape index (κ1) is 11.5. The molecule has 0 aliphatic rings. The van der Waals surface area contributed by atoms with Crippen molar-refractivity contribution in [1.29, 1.82) is 0 Å². The minimum Gasteiger partial charge on any atom is -0.301 e. The lowest BCUT2D eigenvalue weighted by atomic mass is 10.2. The molecule has 1 heterocycles. The molecule has 0 saturated carbocycles. The Balaban J connectivity index is 2.06. The summed E-state index contributed by atoms with van der Waals surface area (Å²) in [5, 5.41) is 11.7. The SMILES string of the molecule is CC(=O)Nc1nnc(C=Cc2ccccc2)s1. The fraction of sp³-hybridized carbons (Fsp3) is 0.0833. The molecule has 0 radical (unpaired) electrons. The average molecular weight is 245 g/mol. The molecule has 0 aliphatic carbocycles. The molecule has 17 heavy (non-hydrogen) atoms. The van der Waals surface area contributed by atoms with E-state index in [0.717, 1.165) is 10.6 Å². The Morgan fingerprint density at radius 2 is 2.00 bits per heavy atom. The van der Waals surface area contributed by atoms with E-state index in [1.54, 1.807) is 0 Å². The quantitative estimate of drug-likeness (QED) is 0.904. The summed E-state index contributed by atoms with van der Waals surface area (Å²) < 4.78 is 0. The fourth-order valence-corrected chi connectivity index (χ4v) is 1.93. The second kappa shape index (κ2) is 5.36. The van der Waals surface area contributed by atoms with Crippen LogP contribution < -0.4 is 5.32 Å². The highest BCUT2D eigenvalue weighted by Crippen LogP contribution is 2.17. The van der Waals surface area contributed by atoms with Crippen LogP contribution in [-0.2, 0) is 4.79 Å². The van der Waals surface area contributed by atoms with Crippen molar-refractivity contribution in [2.45, 2.75) is 6.92 Å². The van der Waals surface area contributed by atoms with Gasteiger partial charge in [-0.3, -0.25) is 4.79 Å². The molecule has 0 bridgehead atoms. The van der Waals surface area contributed by atoms with Crippen molar-refractivity contribution < 1.29 is 4.79 Å². The fourth-order valence-electron chi connectivity index (χ4n) is 1.23. The number of rotatable bonds is 3. The maximum Gasteiger partial charge on any atom is 0.223 e. The average Bonchev–Trinajstić information content (AvgIpc) is 2.75. The van der Waals surface area contributed by atoms with E-state index in [0.29, 0.717) is 5.13 Å². The Labute approximate surface area is 103 Å². The zero-order chi connectivity index (χ0) is 12.1. The van der Waals surface area contributed by atoms with Gasteiger partial charge in [-0.15, -0.1) is 10.2 Å². The molecule has 0 aliphatic heterocycles. The molecule has 86 valence electrons. The number of anilines is 1. The topological polar surface area (TPSA) is 54.9 Å². The Bertz CT molecular complexity index is 534. The second-order valence-electron chi connectivity index (χ2n) is 3.37. The number of hydrogen-bond donors (Lipinski definition) is 1. The number of nitrogens with one attached hydrogen (secondary N) is 1. The lowest BCUT2D eigenvalue weighted by Gasteiger charge is -1.90. The van der Waals surface area contributed by atoms with Gasteiger partial charge in [-0.2, -0.15) is 0 Å². The molecule has 0 saturated heterocycles. The Hall–Kier alpha value is -2.01. The third kappa shape index (κ3) is 3.49. The molecule has 0 unspecified atom stereocenters. The van der Waals surface area contributed by atoms with Gasteiger partial charge >= 0.3 is 0 Å². The van der Waals surface area contributed by atoms with E-state index in [9.17, 15) is 4.79 Å². The van der Waals surface area contributed by atoms with Crippen LogP contribution in [0, 0.1) is 0 Å². The van der Waals surface area contributed by atoms with Crippen LogP contribution in [-0.4, -0.2) is 16.1 Å². The summed E-state index contributed by atoms with van der Waals surface area (Å²) in [6.45, 7) is 1.45. The molecule has 1 aromatic heterocycles. The number of hydrogen-bond acceptors (Lipinski definition) is 4. The van der Waals surface area contributed by atoms with E-state index < -0.39 is 0 Å². The van der Waals surface area contributed by atoms with E-state index in [-0.39, 0.29) is 5.91 Å². The molecular formula is C12H11N3OS. The van der Waals surface area contributed by atoms with Crippen LogP contribution in [0.5, 0.6) is 0 Å². The van der Waals surface area contributed by atoms with Gasteiger partial charge in [0.15, 0.2) is 0 Å². The van der Waals surface area contributed by atoms with Crippen molar-refractivity contribution in [2.75, 3.05) is 5.32 Å². The third-order valence-corrected chi connectivity index (χ3v) is 2.75. The zero-order valence-corrected chi connectivity index (χ0v) is 10.1. The van der Waals surface area contributed by atoms with Crippen molar-refractivity contribution in [3.8, 4) is 0 Å². The normalized spacial score (nSPS) is 10.6. The van der Waals surface area contributed by atoms with Crippen LogP contribution >= 0.6 is 11.3 Å². The first-order chi connectivity index (χ1) is 8.24. The van der Waals surface area contributed by atoms with Gasteiger partial charge in [-0.25, -0.2) is 0 Å². The molecular weight excluding hydrogens is 234 g/mol. The number of nitrogens with zero attached hydrogens (tertiary/aromatic N) is 2. The molecule has 0 atom stereocenters. The molecule has 1 N–H and O–H groups in total. The van der Waals surface area contributed by atoms with Gasteiger partial charge in [0.2, 0.25) is 11.0 Å². The van der Waals surface area contributed by atoms with Crippen LogP contribution in [0.25, 0.3) is 12.2 Å². The van der Waals surface area contributed by atoms with Crippen molar-refractivity contribution in [2.24, 2.45) is 0 Å². The van der Waals surface area contributed by atoms with E-state index in [1.807, 2.05) is 42.5 Å². The summed E-state index contributed by atoms with van der Waals surface area (Å²) in [6, 6.07) is 9.93. The van der Waals surface area contributed by atoms with Gasteiger partial charge in [-0.1, -0.05) is 47.7 Å². The minimum absolute atomic E-state index is 0.139. The number of carbonyl (C=O) groups excluding carboxylic acids is 1. The van der Waals surface area contributed by atoms with Crippen LogP contribution in [0.15, 0.2) is 30.3 Å². The smallest absolute Gasteiger partial charge is 0.223 e. The van der Waals surface area contributed by atoms with E-state index in [2.05, 4.69) is 15.5 Å². The summed E-state index contributed by atoms with van der Waals surface area (Å²) in [4.78, 5) is 10.8. The van der Waals surface area contributed by atoms with Crippen LogP contribution in [0.2, 0.25) is 0 Å².